The average molecular weight is 795 g/mol. The number of aromatic nitrogens is 2. The van der Waals surface area contributed by atoms with Crippen LogP contribution in [-0.4, -0.2) is 63.8 Å². The second-order valence-corrected chi connectivity index (χ2v) is 15.8. The van der Waals surface area contributed by atoms with E-state index in [1.165, 1.54) is 4.57 Å². The molecule has 0 bridgehead atoms. The molecule has 0 saturated carbocycles. The van der Waals surface area contributed by atoms with Crippen LogP contribution in [0.4, 0.5) is 4.79 Å². The van der Waals surface area contributed by atoms with Crippen molar-refractivity contribution in [3.8, 4) is 0 Å². The zero-order valence-corrected chi connectivity index (χ0v) is 34.2. The summed E-state index contributed by atoms with van der Waals surface area (Å²) >= 11 is 0. The topological polar surface area (TPSA) is 138 Å². The number of nitrogens with zero attached hydrogens (tertiary/aromatic N) is 3. The number of amides is 1. The van der Waals surface area contributed by atoms with Crippen LogP contribution in [0.3, 0.4) is 0 Å². The Morgan fingerprint density at radius 2 is 1.21 bits per heavy atom. The fraction of sp³-hybridized carbons (Fsp3) is 0.457. The van der Waals surface area contributed by atoms with Crippen LogP contribution < -0.4 is 16.4 Å². The molecule has 2 aromatic carbocycles. The van der Waals surface area contributed by atoms with Gasteiger partial charge in [0.2, 0.25) is 0 Å². The summed E-state index contributed by atoms with van der Waals surface area (Å²) in [5, 5.41) is 5.25. The van der Waals surface area contributed by atoms with Gasteiger partial charge >= 0.3 is 18.0 Å². The number of unbranched alkanes of at least 4 members (excludes halogenated alkanes) is 1. The second kappa shape index (κ2) is 20.8. The number of esters is 2. The van der Waals surface area contributed by atoms with Crippen LogP contribution in [0.1, 0.15) is 102 Å². The molecule has 1 amide bonds. The molecule has 12 nitrogen and oxygen atoms in total. The van der Waals surface area contributed by atoms with Crippen molar-refractivity contribution >= 4 is 39.8 Å². The van der Waals surface area contributed by atoms with Crippen LogP contribution in [0.2, 0.25) is 0 Å². The molecule has 310 valence electrons. The van der Waals surface area contributed by atoms with Crippen molar-refractivity contribution in [1.82, 2.24) is 19.4 Å². The van der Waals surface area contributed by atoms with Gasteiger partial charge in [0.15, 0.2) is 13.5 Å². The van der Waals surface area contributed by atoms with E-state index < -0.39 is 5.60 Å². The highest BCUT2D eigenvalue weighted by Crippen LogP contribution is 2.29. The first-order chi connectivity index (χ1) is 27.9. The number of hydrogen-bond acceptors (Lipinski definition) is 9. The molecular weight excluding hydrogens is 737 g/mol. The zero-order chi connectivity index (χ0) is 41.7. The standard InChI is InChI=1S/C26H34N2O5.C20H24N2O3/c1-5-6-7-12-23(29)32-18-28-22-11-9-8-10-20(22)17-21(24(28)30)19-13-15-27(16-14-19)25(31)33-26(2,3)4;1-2-3-8-19(23)25-14-22-18-7-5-4-6-16(18)13-17(20(22)24)15-9-11-21-12-10-15/h5,8-11,17,19H,1,6-7,12-16,18H2,2-4H3;2,4-7,13,15,21H,1,3,8-12,14H2. The highest BCUT2D eigenvalue weighted by Gasteiger charge is 2.29. The first-order valence-corrected chi connectivity index (χ1v) is 20.4. The molecule has 2 fully saturated rings. The molecule has 0 unspecified atom stereocenters. The molecule has 2 saturated heterocycles. The first-order valence-electron chi connectivity index (χ1n) is 20.4. The number of rotatable bonds is 13. The number of likely N-dealkylation sites (tertiary alicyclic amines) is 1. The molecule has 2 aromatic heterocycles. The van der Waals surface area contributed by atoms with Crippen molar-refractivity contribution < 1.29 is 28.6 Å². The van der Waals surface area contributed by atoms with Gasteiger partial charge in [-0.1, -0.05) is 48.6 Å². The molecule has 12 heteroatoms. The number of allylic oxidation sites excluding steroid dienone is 2. The van der Waals surface area contributed by atoms with Gasteiger partial charge in [-0.05, 0) is 126 Å². The van der Waals surface area contributed by atoms with Gasteiger partial charge in [0, 0.05) is 37.1 Å². The van der Waals surface area contributed by atoms with E-state index in [-0.39, 0.29) is 60.9 Å². The SMILES string of the molecule is C=CCCC(=O)OCn1c(=O)c(C2CCNCC2)cc2ccccc21.C=CCCCC(=O)OCn1c(=O)c(C2CCN(C(=O)OC(C)(C)C)CC2)cc2ccccc21. The lowest BCUT2D eigenvalue weighted by molar-refractivity contribution is -0.148. The molecular formula is C46H58N4O8. The third-order valence-electron chi connectivity index (χ3n) is 10.5. The molecule has 0 aliphatic carbocycles. The fourth-order valence-electron chi connectivity index (χ4n) is 7.40. The highest BCUT2D eigenvalue weighted by atomic mass is 16.6. The quantitative estimate of drug-likeness (QED) is 0.0620. The van der Waals surface area contributed by atoms with Crippen molar-refractivity contribution in [1.29, 1.82) is 0 Å². The van der Waals surface area contributed by atoms with Crippen LogP contribution in [0, 0.1) is 0 Å². The number of ether oxygens (including phenoxy) is 3. The number of carbonyl (C=O) groups is 3. The number of fused-ring (bicyclic) bond motifs is 2. The summed E-state index contributed by atoms with van der Waals surface area (Å²) in [6.45, 7) is 15.6. The molecule has 1 N–H and O–H groups in total. The Kier molecular flexibility index (Phi) is 15.6. The second-order valence-electron chi connectivity index (χ2n) is 15.8. The van der Waals surface area contributed by atoms with Crippen LogP contribution in [-0.2, 0) is 37.3 Å². The summed E-state index contributed by atoms with van der Waals surface area (Å²) in [5.41, 5.74) is 2.30. The van der Waals surface area contributed by atoms with Crippen LogP contribution in [0.25, 0.3) is 21.8 Å². The molecule has 4 aromatic rings. The fourth-order valence-corrected chi connectivity index (χ4v) is 7.40. The van der Waals surface area contributed by atoms with Crippen molar-refractivity contribution in [2.45, 2.75) is 109 Å². The number of carbonyl (C=O) groups excluding carboxylic acids is 3. The van der Waals surface area contributed by atoms with Gasteiger partial charge in [-0.25, -0.2) is 4.79 Å². The highest BCUT2D eigenvalue weighted by molar-refractivity contribution is 5.81. The number of para-hydroxylation sites is 2. The summed E-state index contributed by atoms with van der Waals surface area (Å²) in [5.74, 6) is -0.372. The Morgan fingerprint density at radius 3 is 1.71 bits per heavy atom. The number of benzene rings is 2. The predicted octanol–water partition coefficient (Wildman–Crippen LogP) is 7.91. The smallest absolute Gasteiger partial charge is 0.410 e. The molecule has 0 atom stereocenters. The van der Waals surface area contributed by atoms with E-state index in [0.29, 0.717) is 50.8 Å². The Hall–Kier alpha value is -5.49. The molecule has 0 spiro atoms. The predicted molar refractivity (Wildman–Crippen MR) is 227 cm³/mol. The van der Waals surface area contributed by atoms with Crippen LogP contribution in [0.5, 0.6) is 0 Å². The molecule has 6 rings (SSSR count). The molecule has 0 radical (unpaired) electrons. The monoisotopic (exact) mass is 794 g/mol. The first kappa shape index (κ1) is 43.6. The average Bonchev–Trinajstić information content (AvgIpc) is 3.22. The minimum absolute atomic E-state index is 0.0235. The molecule has 2 aliphatic heterocycles. The van der Waals surface area contributed by atoms with Crippen LogP contribution >= 0.6 is 0 Å². The van der Waals surface area contributed by atoms with E-state index in [2.05, 4.69) is 18.5 Å². The van der Waals surface area contributed by atoms with Crippen molar-refractivity contribution in [3.05, 3.63) is 118 Å². The van der Waals surface area contributed by atoms with Gasteiger partial charge in [0.05, 0.1) is 11.0 Å². The van der Waals surface area contributed by atoms with E-state index in [9.17, 15) is 24.0 Å². The van der Waals surface area contributed by atoms with E-state index in [1.807, 2.05) is 81.4 Å². The minimum atomic E-state index is -0.539. The Labute approximate surface area is 340 Å². The molecule has 2 aliphatic rings. The lowest BCUT2D eigenvalue weighted by Crippen LogP contribution is -2.42. The molecule has 4 heterocycles. The lowest BCUT2D eigenvalue weighted by Gasteiger charge is -2.33. The Morgan fingerprint density at radius 1 is 0.724 bits per heavy atom. The van der Waals surface area contributed by atoms with Gasteiger partial charge in [-0.15, -0.1) is 13.2 Å². The minimum Gasteiger partial charge on any atom is -0.444 e. The van der Waals surface area contributed by atoms with E-state index in [4.69, 9.17) is 14.2 Å². The summed E-state index contributed by atoms with van der Waals surface area (Å²) in [6, 6.07) is 19.3. The zero-order valence-electron chi connectivity index (χ0n) is 34.2. The Balaban J connectivity index is 0.000000229. The number of pyridine rings is 2. The number of nitrogens with one attached hydrogen (secondary N) is 1. The van der Waals surface area contributed by atoms with Gasteiger partial charge < -0.3 is 24.4 Å². The van der Waals surface area contributed by atoms with Gasteiger partial charge in [-0.3, -0.25) is 28.3 Å². The van der Waals surface area contributed by atoms with Crippen molar-refractivity contribution in [2.24, 2.45) is 0 Å². The van der Waals surface area contributed by atoms with Gasteiger partial charge in [0.25, 0.3) is 11.1 Å². The normalized spacial score (nSPS) is 15.0. The summed E-state index contributed by atoms with van der Waals surface area (Å²) in [6.07, 6.45) is 8.95. The Bertz CT molecular complexity index is 2190. The third kappa shape index (κ3) is 11.8. The van der Waals surface area contributed by atoms with Gasteiger partial charge in [-0.2, -0.15) is 0 Å². The lowest BCUT2D eigenvalue weighted by atomic mass is 9.89. The van der Waals surface area contributed by atoms with E-state index in [1.54, 1.807) is 21.6 Å². The van der Waals surface area contributed by atoms with Gasteiger partial charge in [0.1, 0.15) is 5.60 Å². The maximum absolute atomic E-state index is 13.4. The maximum atomic E-state index is 13.4. The van der Waals surface area contributed by atoms with Crippen LogP contribution in [0.15, 0.2) is 95.6 Å². The number of piperidine rings is 2. The largest absolute Gasteiger partial charge is 0.444 e. The third-order valence-corrected chi connectivity index (χ3v) is 10.5. The summed E-state index contributed by atoms with van der Waals surface area (Å²) < 4.78 is 19.3. The maximum Gasteiger partial charge on any atom is 0.410 e. The van der Waals surface area contributed by atoms with Crippen molar-refractivity contribution in [3.63, 3.8) is 0 Å². The molecule has 58 heavy (non-hydrogen) atoms. The van der Waals surface area contributed by atoms with E-state index >= 15 is 0 Å². The summed E-state index contributed by atoms with van der Waals surface area (Å²) in [7, 11) is 0. The summed E-state index contributed by atoms with van der Waals surface area (Å²) in [4.78, 5) is 64.5. The van der Waals surface area contributed by atoms with E-state index in [0.717, 1.165) is 59.7 Å². The van der Waals surface area contributed by atoms with Crippen molar-refractivity contribution in [2.75, 3.05) is 26.2 Å². The number of hydrogen-bond donors (Lipinski definition) is 1.